The van der Waals surface area contributed by atoms with Gasteiger partial charge in [0.25, 0.3) is 11.8 Å². The number of nitrogens with one attached hydrogen (secondary N) is 2. The van der Waals surface area contributed by atoms with Gasteiger partial charge >= 0.3 is 0 Å². The Morgan fingerprint density at radius 2 is 1.77 bits per heavy atom. The number of halogens is 2. The monoisotopic (exact) mass is 600 g/mol. The Morgan fingerprint density at radius 3 is 2.54 bits per heavy atom. The molecule has 3 aromatic carbocycles. The molecule has 1 heterocycles. The zero-order chi connectivity index (χ0) is 24.9. The van der Waals surface area contributed by atoms with Gasteiger partial charge in [0.1, 0.15) is 5.75 Å². The summed E-state index contributed by atoms with van der Waals surface area (Å²) in [5.41, 5.74) is 3.40. The summed E-state index contributed by atoms with van der Waals surface area (Å²) in [6.07, 6.45) is 1.79. The normalized spacial score (nSPS) is 13.3. The lowest BCUT2D eigenvalue weighted by Crippen LogP contribution is -2.21. The van der Waals surface area contributed by atoms with E-state index in [0.29, 0.717) is 49.6 Å². The number of benzene rings is 3. The maximum atomic E-state index is 12.6. The fraction of sp³-hybridized carbons (Fsp3) is 0.154. The molecule has 0 bridgehead atoms. The molecule has 0 unspecified atom stereocenters. The van der Waals surface area contributed by atoms with Crippen LogP contribution in [0.25, 0.3) is 11.6 Å². The Bertz CT molecular complexity index is 1320. The summed E-state index contributed by atoms with van der Waals surface area (Å²) in [7, 11) is 1.54. The van der Waals surface area contributed by atoms with Gasteiger partial charge in [0.15, 0.2) is 18.1 Å². The SMILES string of the molecule is CCOc1cc(C=C2C(=O)Nc3ccccc32)c(Br)c(Br)c1OCC(=O)Nc1ccccc1OC. The summed E-state index contributed by atoms with van der Waals surface area (Å²) in [5.74, 6) is 0.819. The van der Waals surface area contributed by atoms with Crippen LogP contribution in [0.1, 0.15) is 18.1 Å². The lowest BCUT2D eigenvalue weighted by molar-refractivity contribution is -0.118. The van der Waals surface area contributed by atoms with Crippen molar-refractivity contribution in [3.63, 3.8) is 0 Å². The van der Waals surface area contributed by atoms with Crippen LogP contribution in [0, 0.1) is 0 Å². The molecule has 0 fully saturated rings. The van der Waals surface area contributed by atoms with Gasteiger partial charge < -0.3 is 24.8 Å². The van der Waals surface area contributed by atoms with Crippen LogP contribution in [0.15, 0.2) is 63.5 Å². The van der Waals surface area contributed by atoms with Gasteiger partial charge in [-0.3, -0.25) is 9.59 Å². The molecule has 35 heavy (non-hydrogen) atoms. The number of para-hydroxylation sites is 3. The zero-order valence-electron chi connectivity index (χ0n) is 19.0. The molecule has 1 aliphatic heterocycles. The minimum Gasteiger partial charge on any atom is -0.495 e. The number of hydrogen-bond acceptors (Lipinski definition) is 5. The molecule has 9 heteroatoms. The lowest BCUT2D eigenvalue weighted by atomic mass is 10.0. The highest BCUT2D eigenvalue weighted by Gasteiger charge is 2.25. The topological polar surface area (TPSA) is 85.9 Å². The van der Waals surface area contributed by atoms with Gasteiger partial charge in [0.05, 0.1) is 23.9 Å². The number of hydrogen-bond donors (Lipinski definition) is 2. The van der Waals surface area contributed by atoms with Gasteiger partial charge in [0.2, 0.25) is 0 Å². The molecule has 4 rings (SSSR count). The second-order valence-corrected chi connectivity index (χ2v) is 9.03. The Kier molecular flexibility index (Phi) is 7.77. The quantitative estimate of drug-likeness (QED) is 0.303. The van der Waals surface area contributed by atoms with Crippen LogP contribution in [0.4, 0.5) is 11.4 Å². The molecule has 180 valence electrons. The van der Waals surface area contributed by atoms with Crippen molar-refractivity contribution in [2.24, 2.45) is 0 Å². The van der Waals surface area contributed by atoms with E-state index in [1.165, 1.54) is 7.11 Å². The predicted molar refractivity (Wildman–Crippen MR) is 143 cm³/mol. The fourth-order valence-electron chi connectivity index (χ4n) is 3.62. The second kappa shape index (κ2) is 11.0. The molecule has 0 spiro atoms. The highest BCUT2D eigenvalue weighted by atomic mass is 79.9. The Labute approximate surface area is 219 Å². The molecule has 7 nitrogen and oxygen atoms in total. The smallest absolute Gasteiger partial charge is 0.262 e. The number of ether oxygens (including phenoxy) is 3. The molecular formula is C26H22Br2N2O5. The van der Waals surface area contributed by atoms with Gasteiger partial charge in [-0.1, -0.05) is 30.3 Å². The van der Waals surface area contributed by atoms with Crippen LogP contribution in [0.5, 0.6) is 17.2 Å². The van der Waals surface area contributed by atoms with Gasteiger partial charge in [-0.15, -0.1) is 0 Å². The van der Waals surface area contributed by atoms with Crippen LogP contribution in [-0.4, -0.2) is 32.1 Å². The zero-order valence-corrected chi connectivity index (χ0v) is 22.2. The predicted octanol–water partition coefficient (Wildman–Crippen LogP) is 6.13. The molecule has 0 saturated carbocycles. The first-order valence-electron chi connectivity index (χ1n) is 10.8. The Morgan fingerprint density at radius 1 is 1.03 bits per heavy atom. The van der Waals surface area contributed by atoms with Crippen LogP contribution < -0.4 is 24.8 Å². The number of carbonyl (C=O) groups is 2. The van der Waals surface area contributed by atoms with Crippen molar-refractivity contribution in [2.45, 2.75) is 6.92 Å². The summed E-state index contributed by atoms with van der Waals surface area (Å²) in [5, 5.41) is 5.65. The van der Waals surface area contributed by atoms with E-state index < -0.39 is 0 Å². The van der Waals surface area contributed by atoms with E-state index in [0.717, 1.165) is 11.3 Å². The molecule has 0 atom stereocenters. The van der Waals surface area contributed by atoms with Crippen molar-refractivity contribution in [3.05, 3.63) is 74.7 Å². The average molecular weight is 602 g/mol. The first kappa shape index (κ1) is 24.8. The Balaban J connectivity index is 1.60. The number of carbonyl (C=O) groups excluding carboxylic acids is 2. The van der Waals surface area contributed by atoms with E-state index in [2.05, 4.69) is 42.5 Å². The van der Waals surface area contributed by atoms with Gasteiger partial charge in [0, 0.05) is 21.3 Å². The number of amides is 2. The van der Waals surface area contributed by atoms with Gasteiger partial charge in [-0.2, -0.15) is 0 Å². The molecule has 0 saturated heterocycles. The lowest BCUT2D eigenvalue weighted by Gasteiger charge is -2.17. The first-order valence-corrected chi connectivity index (χ1v) is 12.3. The third-order valence-corrected chi connectivity index (χ3v) is 7.34. The molecule has 3 aromatic rings. The number of rotatable bonds is 8. The van der Waals surface area contributed by atoms with Crippen LogP contribution in [-0.2, 0) is 9.59 Å². The van der Waals surface area contributed by atoms with Gasteiger partial charge in [-0.05, 0) is 74.7 Å². The van der Waals surface area contributed by atoms with Crippen molar-refractivity contribution in [1.82, 2.24) is 0 Å². The van der Waals surface area contributed by atoms with Crippen LogP contribution in [0.2, 0.25) is 0 Å². The summed E-state index contributed by atoms with van der Waals surface area (Å²) in [6, 6.07) is 16.4. The van der Waals surface area contributed by atoms with E-state index in [9.17, 15) is 9.59 Å². The number of methoxy groups -OCH3 is 1. The van der Waals surface area contributed by atoms with E-state index in [4.69, 9.17) is 14.2 Å². The second-order valence-electron chi connectivity index (χ2n) is 7.45. The molecular weight excluding hydrogens is 580 g/mol. The summed E-state index contributed by atoms with van der Waals surface area (Å²) < 4.78 is 18.1. The Hall–Kier alpha value is -3.30. The summed E-state index contributed by atoms with van der Waals surface area (Å²) >= 11 is 7.14. The largest absolute Gasteiger partial charge is 0.495 e. The van der Waals surface area contributed by atoms with Crippen molar-refractivity contribution >= 4 is 66.7 Å². The third-order valence-electron chi connectivity index (χ3n) is 5.19. The van der Waals surface area contributed by atoms with Crippen molar-refractivity contribution < 1.29 is 23.8 Å². The average Bonchev–Trinajstić information content (AvgIpc) is 3.17. The van der Waals surface area contributed by atoms with E-state index in [1.54, 1.807) is 30.3 Å². The van der Waals surface area contributed by atoms with Crippen molar-refractivity contribution in [1.29, 1.82) is 0 Å². The molecule has 2 N–H and O–H groups in total. The summed E-state index contributed by atoms with van der Waals surface area (Å²) in [6.45, 7) is 1.99. The minimum absolute atomic E-state index is 0.180. The maximum Gasteiger partial charge on any atom is 0.262 e. The molecule has 0 radical (unpaired) electrons. The molecule has 2 amide bonds. The van der Waals surface area contributed by atoms with E-state index >= 15 is 0 Å². The maximum absolute atomic E-state index is 12.6. The minimum atomic E-state index is -0.356. The standard InChI is InChI=1S/C26H22Br2N2O5/c1-3-34-21-13-15(12-17-16-8-4-5-9-18(16)30-26(17)32)23(27)24(28)25(21)35-14-22(31)29-19-10-6-7-11-20(19)33-2/h4-13H,3,14H2,1-2H3,(H,29,31)(H,30,32). The van der Waals surface area contributed by atoms with Crippen LogP contribution >= 0.6 is 31.9 Å². The summed E-state index contributed by atoms with van der Waals surface area (Å²) in [4.78, 5) is 25.1. The van der Waals surface area contributed by atoms with Gasteiger partial charge in [-0.25, -0.2) is 0 Å². The number of fused-ring (bicyclic) bond motifs is 1. The van der Waals surface area contributed by atoms with Crippen LogP contribution in [0.3, 0.4) is 0 Å². The highest BCUT2D eigenvalue weighted by molar-refractivity contribution is 9.13. The number of anilines is 2. The fourth-order valence-corrected chi connectivity index (χ4v) is 4.56. The van der Waals surface area contributed by atoms with Crippen molar-refractivity contribution in [2.75, 3.05) is 31.0 Å². The molecule has 1 aliphatic rings. The molecule has 0 aromatic heterocycles. The van der Waals surface area contributed by atoms with E-state index in [1.807, 2.05) is 37.3 Å². The highest BCUT2D eigenvalue weighted by Crippen LogP contribution is 2.44. The third kappa shape index (κ3) is 5.36. The molecule has 0 aliphatic carbocycles. The van der Waals surface area contributed by atoms with Crippen molar-refractivity contribution in [3.8, 4) is 17.2 Å². The first-order chi connectivity index (χ1) is 16.9. The van der Waals surface area contributed by atoms with E-state index in [-0.39, 0.29) is 18.4 Å².